The van der Waals surface area contributed by atoms with Gasteiger partial charge < -0.3 is 10.2 Å². The van der Waals surface area contributed by atoms with E-state index in [1.54, 1.807) is 11.3 Å². The number of thioether (sulfide) groups is 1. The van der Waals surface area contributed by atoms with Gasteiger partial charge in [0, 0.05) is 24.0 Å². The molecule has 0 bridgehead atoms. The topological polar surface area (TPSA) is 86.8 Å². The third-order valence-electron chi connectivity index (χ3n) is 7.05. The molecule has 33 heavy (non-hydrogen) atoms. The van der Waals surface area contributed by atoms with Crippen molar-refractivity contribution in [3.63, 3.8) is 0 Å². The van der Waals surface area contributed by atoms with Crippen LogP contribution < -0.4 is 10.2 Å². The molecule has 7 nitrogen and oxygen atoms in total. The number of hydrogen-bond donors (Lipinski definition) is 1. The number of aryl methyl sites for hydroxylation is 1. The van der Waals surface area contributed by atoms with Gasteiger partial charge >= 0.3 is 0 Å². The Kier molecular flexibility index (Phi) is 6.66. The maximum atomic E-state index is 13.1. The molecule has 2 aromatic rings. The Morgan fingerprint density at radius 2 is 1.94 bits per heavy atom. The Morgan fingerprint density at radius 3 is 2.67 bits per heavy atom. The Labute approximate surface area is 203 Å². The van der Waals surface area contributed by atoms with E-state index in [1.807, 2.05) is 6.92 Å². The fourth-order valence-corrected chi connectivity index (χ4v) is 6.96. The molecule has 1 aliphatic heterocycles. The van der Waals surface area contributed by atoms with Crippen LogP contribution in [0.2, 0.25) is 0 Å². The van der Waals surface area contributed by atoms with Gasteiger partial charge in [-0.2, -0.15) is 5.26 Å². The molecule has 3 heterocycles. The fraction of sp³-hybridized carbons (Fsp3) is 0.667. The largest absolute Gasteiger partial charge is 0.341 e. The molecule has 5 rings (SSSR count). The van der Waals surface area contributed by atoms with Crippen LogP contribution in [0, 0.1) is 17.2 Å². The Morgan fingerprint density at radius 1 is 1.18 bits per heavy atom. The minimum atomic E-state index is -0.325. The van der Waals surface area contributed by atoms with E-state index in [0.717, 1.165) is 74.2 Å². The summed E-state index contributed by atoms with van der Waals surface area (Å²) in [5.74, 6) is 1.65. The van der Waals surface area contributed by atoms with Crippen LogP contribution in [0.5, 0.6) is 0 Å². The van der Waals surface area contributed by atoms with Gasteiger partial charge in [-0.25, -0.2) is 0 Å². The highest BCUT2D eigenvalue weighted by Gasteiger charge is 2.34. The van der Waals surface area contributed by atoms with Gasteiger partial charge in [-0.1, -0.05) is 25.1 Å². The molecule has 176 valence electrons. The molecule has 0 radical (unpaired) electrons. The van der Waals surface area contributed by atoms with Crippen molar-refractivity contribution in [3.05, 3.63) is 16.0 Å². The third-order valence-corrected chi connectivity index (χ3v) is 9.31. The Bertz CT molecular complexity index is 1060. The summed E-state index contributed by atoms with van der Waals surface area (Å²) in [4.78, 5) is 16.7. The van der Waals surface area contributed by atoms with E-state index in [2.05, 4.69) is 38.0 Å². The highest BCUT2D eigenvalue weighted by molar-refractivity contribution is 8.00. The van der Waals surface area contributed by atoms with Crippen LogP contribution in [-0.2, 0) is 17.6 Å². The number of piperidine rings is 1. The number of fused-ring (bicyclic) bond motifs is 1. The average Bonchev–Trinajstić information content (AvgIpc) is 3.54. The van der Waals surface area contributed by atoms with Crippen molar-refractivity contribution in [1.82, 2.24) is 14.8 Å². The first-order valence-electron chi connectivity index (χ1n) is 12.3. The second kappa shape index (κ2) is 9.67. The van der Waals surface area contributed by atoms with Crippen LogP contribution >= 0.6 is 23.1 Å². The Hall–Kier alpha value is -2.05. The van der Waals surface area contributed by atoms with Crippen molar-refractivity contribution < 1.29 is 4.79 Å². The van der Waals surface area contributed by atoms with Gasteiger partial charge in [-0.05, 0) is 69.8 Å². The molecule has 2 aliphatic carbocycles. The molecule has 1 saturated heterocycles. The molecular weight excluding hydrogens is 452 g/mol. The number of anilines is 2. The summed E-state index contributed by atoms with van der Waals surface area (Å²) in [6, 6.07) is 2.81. The molecule has 1 saturated carbocycles. The second-order valence-corrected chi connectivity index (χ2v) is 12.1. The molecule has 3 aliphatic rings. The van der Waals surface area contributed by atoms with E-state index in [-0.39, 0.29) is 11.2 Å². The number of rotatable bonds is 6. The maximum absolute atomic E-state index is 13.1. The van der Waals surface area contributed by atoms with Crippen LogP contribution in [-0.4, -0.2) is 39.0 Å². The lowest BCUT2D eigenvalue weighted by molar-refractivity contribution is -0.115. The van der Waals surface area contributed by atoms with Crippen LogP contribution in [0.1, 0.15) is 80.8 Å². The van der Waals surface area contributed by atoms with E-state index in [0.29, 0.717) is 16.6 Å². The van der Waals surface area contributed by atoms with E-state index in [9.17, 15) is 10.1 Å². The quantitative estimate of drug-likeness (QED) is 0.450. The summed E-state index contributed by atoms with van der Waals surface area (Å²) in [7, 11) is 0. The van der Waals surface area contributed by atoms with Crippen molar-refractivity contribution in [2.75, 3.05) is 23.3 Å². The number of aromatic nitrogens is 3. The molecule has 1 N–H and O–H groups in total. The number of carbonyl (C=O) groups is 1. The zero-order valence-electron chi connectivity index (χ0n) is 19.5. The minimum absolute atomic E-state index is 0.0772. The maximum Gasteiger partial charge on any atom is 0.238 e. The number of nitriles is 1. The van der Waals surface area contributed by atoms with Crippen molar-refractivity contribution >= 4 is 40.0 Å². The normalized spacial score (nSPS) is 20.1. The van der Waals surface area contributed by atoms with E-state index in [4.69, 9.17) is 0 Å². The number of thiophene rings is 1. The van der Waals surface area contributed by atoms with Gasteiger partial charge in [0.05, 0.1) is 10.8 Å². The van der Waals surface area contributed by atoms with Crippen molar-refractivity contribution in [2.45, 2.75) is 88.1 Å². The monoisotopic (exact) mass is 484 g/mol. The SMILES string of the molecule is CC1CCN(c2nnc(SC(C)C(=O)Nc3sc4c(c3C#N)CCCCC4)n2C2CC2)CC1. The lowest BCUT2D eigenvalue weighted by Crippen LogP contribution is -2.34. The van der Waals surface area contributed by atoms with Gasteiger partial charge in [-0.3, -0.25) is 9.36 Å². The van der Waals surface area contributed by atoms with Crippen LogP contribution in [0.15, 0.2) is 5.16 Å². The number of amides is 1. The van der Waals surface area contributed by atoms with Crippen molar-refractivity contribution in [2.24, 2.45) is 5.92 Å². The Balaban J connectivity index is 1.30. The highest BCUT2D eigenvalue weighted by atomic mass is 32.2. The lowest BCUT2D eigenvalue weighted by Gasteiger charge is -2.31. The van der Waals surface area contributed by atoms with Crippen LogP contribution in [0.4, 0.5) is 10.9 Å². The summed E-state index contributed by atoms with van der Waals surface area (Å²) in [6.45, 7) is 6.27. The predicted octanol–water partition coefficient (Wildman–Crippen LogP) is 5.17. The summed E-state index contributed by atoms with van der Waals surface area (Å²) in [5, 5.41) is 23.1. The molecule has 1 amide bonds. The number of nitrogens with zero attached hydrogens (tertiary/aromatic N) is 5. The van der Waals surface area contributed by atoms with Gasteiger partial charge in [0.1, 0.15) is 11.1 Å². The first-order valence-corrected chi connectivity index (χ1v) is 14.0. The minimum Gasteiger partial charge on any atom is -0.341 e. The second-order valence-electron chi connectivity index (χ2n) is 9.68. The van der Waals surface area contributed by atoms with Crippen molar-refractivity contribution in [1.29, 1.82) is 5.26 Å². The van der Waals surface area contributed by atoms with Gasteiger partial charge in [0.2, 0.25) is 11.9 Å². The van der Waals surface area contributed by atoms with Crippen LogP contribution in [0.25, 0.3) is 0 Å². The van der Waals surface area contributed by atoms with E-state index in [1.165, 1.54) is 35.9 Å². The van der Waals surface area contributed by atoms with Crippen molar-refractivity contribution in [3.8, 4) is 6.07 Å². The summed E-state index contributed by atoms with van der Waals surface area (Å²) in [6.07, 6.45) is 10.1. The molecule has 2 fully saturated rings. The molecule has 9 heteroatoms. The fourth-order valence-electron chi connectivity index (χ4n) is 4.80. The van der Waals surface area contributed by atoms with Gasteiger partial charge in [0.15, 0.2) is 5.16 Å². The summed E-state index contributed by atoms with van der Waals surface area (Å²) < 4.78 is 2.26. The molecule has 1 atom stereocenters. The molecular formula is C24H32N6OS2. The average molecular weight is 485 g/mol. The lowest BCUT2D eigenvalue weighted by atomic mass is 10.00. The highest BCUT2D eigenvalue weighted by Crippen LogP contribution is 2.42. The molecule has 2 aromatic heterocycles. The molecule has 0 spiro atoms. The van der Waals surface area contributed by atoms with Crippen LogP contribution in [0.3, 0.4) is 0 Å². The summed E-state index contributed by atoms with van der Waals surface area (Å²) >= 11 is 3.06. The zero-order valence-corrected chi connectivity index (χ0v) is 21.1. The zero-order chi connectivity index (χ0) is 22.9. The van der Waals surface area contributed by atoms with Gasteiger partial charge in [0.25, 0.3) is 0 Å². The number of carbonyl (C=O) groups excluding carboxylic acids is 1. The third kappa shape index (κ3) is 4.78. The number of nitrogens with one attached hydrogen (secondary N) is 1. The predicted molar refractivity (Wildman–Crippen MR) is 133 cm³/mol. The smallest absolute Gasteiger partial charge is 0.238 e. The van der Waals surface area contributed by atoms with E-state index >= 15 is 0 Å². The molecule has 1 unspecified atom stereocenters. The first kappa shape index (κ1) is 22.7. The van der Waals surface area contributed by atoms with E-state index < -0.39 is 0 Å². The number of hydrogen-bond acceptors (Lipinski definition) is 7. The van der Waals surface area contributed by atoms with Gasteiger partial charge in [-0.15, -0.1) is 21.5 Å². The summed E-state index contributed by atoms with van der Waals surface area (Å²) in [5.41, 5.74) is 1.83. The molecule has 0 aromatic carbocycles. The standard InChI is InChI=1S/C24H32N6OS2/c1-15-10-12-29(13-11-15)23-27-28-24(30(23)17-8-9-17)32-16(2)21(31)26-22-19(14-25)18-6-4-3-5-7-20(18)33-22/h15-17H,3-13H2,1-2H3,(H,26,31). The first-order chi connectivity index (χ1) is 16.0.